The minimum atomic E-state index is -0.355. The van der Waals surface area contributed by atoms with Crippen molar-refractivity contribution in [3.63, 3.8) is 0 Å². The van der Waals surface area contributed by atoms with E-state index in [4.69, 9.17) is 0 Å². The molecular formula is C8H13N3O2. The molecule has 0 aromatic carbocycles. The number of hydrogen-bond acceptors (Lipinski definition) is 4. The SMILES string of the molecule is CCC(C(=O)OC)n1cc(C)nn1. The van der Waals surface area contributed by atoms with E-state index >= 15 is 0 Å². The van der Waals surface area contributed by atoms with Gasteiger partial charge in [0.15, 0.2) is 6.04 Å². The second-order valence-electron chi connectivity index (χ2n) is 2.79. The molecule has 1 rings (SSSR count). The highest BCUT2D eigenvalue weighted by atomic mass is 16.5. The number of rotatable bonds is 3. The van der Waals surface area contributed by atoms with Crippen LogP contribution in [-0.2, 0) is 9.53 Å². The number of hydrogen-bond donors (Lipinski definition) is 0. The number of ether oxygens (including phenoxy) is 1. The summed E-state index contributed by atoms with van der Waals surface area (Å²) in [6.07, 6.45) is 2.38. The standard InChI is InChI=1S/C8H13N3O2/c1-4-7(8(12)13-3)11-5-6(2)9-10-11/h5,7H,4H2,1-3H3. The van der Waals surface area contributed by atoms with Crippen molar-refractivity contribution >= 4 is 5.97 Å². The van der Waals surface area contributed by atoms with Crippen LogP contribution in [0, 0.1) is 6.92 Å². The summed E-state index contributed by atoms with van der Waals surface area (Å²) in [6, 6.07) is -0.355. The van der Waals surface area contributed by atoms with Gasteiger partial charge in [-0.15, -0.1) is 5.10 Å². The Morgan fingerprint density at radius 3 is 2.85 bits per heavy atom. The lowest BCUT2D eigenvalue weighted by molar-refractivity contribution is -0.145. The van der Waals surface area contributed by atoms with Gasteiger partial charge in [0.05, 0.1) is 12.8 Å². The van der Waals surface area contributed by atoms with Gasteiger partial charge in [-0.1, -0.05) is 12.1 Å². The molecule has 72 valence electrons. The summed E-state index contributed by atoms with van der Waals surface area (Å²) >= 11 is 0. The number of aryl methyl sites for hydroxylation is 1. The number of aromatic nitrogens is 3. The van der Waals surface area contributed by atoms with E-state index in [1.807, 2.05) is 13.8 Å². The van der Waals surface area contributed by atoms with Gasteiger partial charge in [-0.3, -0.25) is 0 Å². The highest BCUT2D eigenvalue weighted by Gasteiger charge is 2.19. The van der Waals surface area contributed by atoms with Crippen molar-refractivity contribution in [3.8, 4) is 0 Å². The van der Waals surface area contributed by atoms with Crippen molar-refractivity contribution < 1.29 is 9.53 Å². The molecule has 5 heteroatoms. The molecule has 0 aliphatic heterocycles. The first-order chi connectivity index (χ1) is 6.19. The van der Waals surface area contributed by atoms with E-state index in [2.05, 4.69) is 15.0 Å². The highest BCUT2D eigenvalue weighted by molar-refractivity contribution is 5.73. The number of nitrogens with zero attached hydrogens (tertiary/aromatic N) is 3. The largest absolute Gasteiger partial charge is 0.467 e. The van der Waals surface area contributed by atoms with E-state index in [1.165, 1.54) is 11.8 Å². The summed E-state index contributed by atoms with van der Waals surface area (Å²) in [7, 11) is 1.37. The normalized spacial score (nSPS) is 12.5. The van der Waals surface area contributed by atoms with E-state index < -0.39 is 0 Å². The van der Waals surface area contributed by atoms with Crippen molar-refractivity contribution in [2.45, 2.75) is 26.3 Å². The minimum Gasteiger partial charge on any atom is -0.467 e. The molecule has 0 amide bonds. The van der Waals surface area contributed by atoms with Crippen LogP contribution in [0.1, 0.15) is 25.1 Å². The Morgan fingerprint density at radius 1 is 1.77 bits per heavy atom. The fourth-order valence-corrected chi connectivity index (χ4v) is 1.12. The zero-order valence-electron chi connectivity index (χ0n) is 8.02. The lowest BCUT2D eigenvalue weighted by Gasteiger charge is -2.11. The minimum absolute atomic E-state index is 0.285. The first-order valence-corrected chi connectivity index (χ1v) is 4.15. The average Bonchev–Trinajstić information content (AvgIpc) is 2.53. The number of esters is 1. The number of carbonyl (C=O) groups is 1. The third-order valence-electron chi connectivity index (χ3n) is 1.80. The first kappa shape index (κ1) is 9.70. The molecule has 0 bridgehead atoms. The topological polar surface area (TPSA) is 57.0 Å². The maximum absolute atomic E-state index is 11.2. The molecule has 1 aromatic heterocycles. The Morgan fingerprint density at radius 2 is 2.46 bits per heavy atom. The van der Waals surface area contributed by atoms with Crippen LogP contribution in [0.15, 0.2) is 6.20 Å². The summed E-state index contributed by atoms with van der Waals surface area (Å²) in [5.74, 6) is -0.285. The van der Waals surface area contributed by atoms with Crippen molar-refractivity contribution in [1.29, 1.82) is 0 Å². The molecule has 1 atom stereocenters. The fraction of sp³-hybridized carbons (Fsp3) is 0.625. The van der Waals surface area contributed by atoms with Crippen molar-refractivity contribution in [1.82, 2.24) is 15.0 Å². The Kier molecular flexibility index (Phi) is 3.00. The van der Waals surface area contributed by atoms with E-state index in [9.17, 15) is 4.79 Å². The fourth-order valence-electron chi connectivity index (χ4n) is 1.12. The maximum atomic E-state index is 11.2. The molecule has 0 radical (unpaired) electrons. The average molecular weight is 183 g/mol. The molecular weight excluding hydrogens is 170 g/mol. The second kappa shape index (κ2) is 4.02. The van der Waals surface area contributed by atoms with Gasteiger partial charge >= 0.3 is 5.97 Å². The third-order valence-corrected chi connectivity index (χ3v) is 1.80. The van der Waals surface area contributed by atoms with Crippen LogP contribution in [0.5, 0.6) is 0 Å². The Bertz CT molecular complexity index is 295. The molecule has 0 N–H and O–H groups in total. The lowest BCUT2D eigenvalue weighted by Crippen LogP contribution is -2.20. The van der Waals surface area contributed by atoms with E-state index in [0.29, 0.717) is 6.42 Å². The zero-order valence-corrected chi connectivity index (χ0v) is 8.02. The van der Waals surface area contributed by atoms with Gasteiger partial charge in [0.2, 0.25) is 0 Å². The van der Waals surface area contributed by atoms with Crippen LogP contribution >= 0.6 is 0 Å². The van der Waals surface area contributed by atoms with E-state index in [0.717, 1.165) is 5.69 Å². The Hall–Kier alpha value is -1.39. The van der Waals surface area contributed by atoms with Crippen LogP contribution in [0.4, 0.5) is 0 Å². The zero-order chi connectivity index (χ0) is 9.84. The van der Waals surface area contributed by atoms with Crippen LogP contribution in [0.25, 0.3) is 0 Å². The Balaban J connectivity index is 2.84. The van der Waals surface area contributed by atoms with Gasteiger partial charge in [-0.05, 0) is 13.3 Å². The third kappa shape index (κ3) is 2.05. The van der Waals surface area contributed by atoms with Gasteiger partial charge in [0.25, 0.3) is 0 Å². The molecule has 1 heterocycles. The maximum Gasteiger partial charge on any atom is 0.330 e. The lowest BCUT2D eigenvalue weighted by atomic mass is 10.2. The van der Waals surface area contributed by atoms with Crippen molar-refractivity contribution in [2.75, 3.05) is 7.11 Å². The van der Waals surface area contributed by atoms with E-state index in [-0.39, 0.29) is 12.0 Å². The molecule has 0 aliphatic rings. The Labute approximate surface area is 76.7 Å². The van der Waals surface area contributed by atoms with Crippen LogP contribution < -0.4 is 0 Å². The quantitative estimate of drug-likeness (QED) is 0.647. The summed E-state index contributed by atoms with van der Waals surface area (Å²) in [5.41, 5.74) is 0.794. The molecule has 13 heavy (non-hydrogen) atoms. The summed E-state index contributed by atoms with van der Waals surface area (Å²) < 4.78 is 6.17. The first-order valence-electron chi connectivity index (χ1n) is 4.15. The molecule has 1 aromatic rings. The van der Waals surface area contributed by atoms with Gasteiger partial charge < -0.3 is 4.74 Å². The van der Waals surface area contributed by atoms with Gasteiger partial charge in [0, 0.05) is 6.20 Å². The molecule has 0 fully saturated rings. The number of carbonyl (C=O) groups excluding carboxylic acids is 1. The monoisotopic (exact) mass is 183 g/mol. The van der Waals surface area contributed by atoms with Gasteiger partial charge in [-0.25, -0.2) is 9.48 Å². The van der Waals surface area contributed by atoms with E-state index in [1.54, 1.807) is 6.20 Å². The summed E-state index contributed by atoms with van der Waals surface area (Å²) in [5, 5.41) is 7.63. The van der Waals surface area contributed by atoms with Crippen LogP contribution in [-0.4, -0.2) is 28.1 Å². The predicted molar refractivity (Wildman–Crippen MR) is 46.1 cm³/mol. The van der Waals surface area contributed by atoms with Gasteiger partial charge in [-0.2, -0.15) is 0 Å². The number of methoxy groups -OCH3 is 1. The molecule has 1 unspecified atom stereocenters. The van der Waals surface area contributed by atoms with Crippen molar-refractivity contribution in [2.24, 2.45) is 0 Å². The molecule has 0 saturated carbocycles. The molecule has 5 nitrogen and oxygen atoms in total. The second-order valence-corrected chi connectivity index (χ2v) is 2.79. The van der Waals surface area contributed by atoms with Crippen molar-refractivity contribution in [3.05, 3.63) is 11.9 Å². The molecule has 0 aliphatic carbocycles. The smallest absolute Gasteiger partial charge is 0.330 e. The summed E-state index contributed by atoms with van der Waals surface area (Å²) in [4.78, 5) is 11.2. The molecule has 0 saturated heterocycles. The summed E-state index contributed by atoms with van der Waals surface area (Å²) in [6.45, 7) is 3.73. The predicted octanol–water partition coefficient (Wildman–Crippen LogP) is 0.711. The van der Waals surface area contributed by atoms with Crippen LogP contribution in [0.3, 0.4) is 0 Å². The van der Waals surface area contributed by atoms with Crippen LogP contribution in [0.2, 0.25) is 0 Å². The molecule has 0 spiro atoms. The highest BCUT2D eigenvalue weighted by Crippen LogP contribution is 2.11. The van der Waals surface area contributed by atoms with Gasteiger partial charge in [0.1, 0.15) is 0 Å².